The zero-order valence-corrected chi connectivity index (χ0v) is 11.7. The van der Waals surface area contributed by atoms with Crippen molar-refractivity contribution in [1.29, 1.82) is 0 Å². The molecule has 0 aliphatic heterocycles. The summed E-state index contributed by atoms with van der Waals surface area (Å²) < 4.78 is 0. The smallest absolute Gasteiger partial charge is 0.234 e. The maximum Gasteiger partial charge on any atom is 0.234 e. The van der Waals surface area contributed by atoms with Gasteiger partial charge in [0.25, 0.3) is 0 Å². The normalized spacial score (nSPS) is 12.4. The third-order valence-corrected chi connectivity index (χ3v) is 3.10. The van der Waals surface area contributed by atoms with E-state index >= 15 is 0 Å². The van der Waals surface area contributed by atoms with Gasteiger partial charge in [0.05, 0.1) is 12.1 Å². The van der Waals surface area contributed by atoms with Crippen LogP contribution >= 0.6 is 0 Å². The average molecular weight is 266 g/mol. The van der Waals surface area contributed by atoms with E-state index in [9.17, 15) is 15.0 Å². The van der Waals surface area contributed by atoms with Crippen LogP contribution in [-0.2, 0) is 4.79 Å². The second-order valence-corrected chi connectivity index (χ2v) is 4.65. The Bertz CT molecular complexity index is 414. The summed E-state index contributed by atoms with van der Waals surface area (Å²) in [5.41, 5.74) is 0.438. The number of rotatable bonds is 6. The molecular weight excluding hydrogens is 244 g/mol. The minimum atomic E-state index is -0.256. The van der Waals surface area contributed by atoms with E-state index in [-0.39, 0.29) is 30.0 Å². The van der Waals surface area contributed by atoms with E-state index in [1.807, 2.05) is 13.8 Å². The lowest BCUT2D eigenvalue weighted by atomic mass is 10.0. The van der Waals surface area contributed by atoms with Crippen molar-refractivity contribution in [3.63, 3.8) is 0 Å². The highest BCUT2D eigenvalue weighted by Crippen LogP contribution is 2.34. The van der Waals surface area contributed by atoms with Crippen LogP contribution in [0.4, 0.5) is 0 Å². The van der Waals surface area contributed by atoms with Crippen LogP contribution in [-0.4, -0.2) is 41.2 Å². The fraction of sp³-hybridized carbons (Fsp3) is 0.500. The summed E-state index contributed by atoms with van der Waals surface area (Å²) in [6, 6.07) is 4.37. The lowest BCUT2D eigenvalue weighted by Crippen LogP contribution is -2.36. The number of amides is 1. The molecule has 5 heteroatoms. The molecule has 0 fully saturated rings. The number of likely N-dealkylation sites (N-methyl/N-ethyl adjacent to an activating group) is 1. The quantitative estimate of drug-likeness (QED) is 0.731. The van der Waals surface area contributed by atoms with Gasteiger partial charge in [-0.1, -0.05) is 13.0 Å². The van der Waals surface area contributed by atoms with Crippen LogP contribution in [0.3, 0.4) is 0 Å². The molecule has 0 saturated carbocycles. The minimum absolute atomic E-state index is 0.0355. The molecule has 106 valence electrons. The molecular formula is C14H22N2O3. The first kappa shape index (κ1) is 15.3. The van der Waals surface area contributed by atoms with Gasteiger partial charge in [0.1, 0.15) is 11.5 Å². The number of benzene rings is 1. The molecule has 1 atom stereocenters. The van der Waals surface area contributed by atoms with Gasteiger partial charge in [-0.25, -0.2) is 0 Å². The van der Waals surface area contributed by atoms with Gasteiger partial charge in [-0.3, -0.25) is 9.69 Å². The first-order valence-electron chi connectivity index (χ1n) is 6.45. The third kappa shape index (κ3) is 4.13. The topological polar surface area (TPSA) is 72.8 Å². The van der Waals surface area contributed by atoms with Crippen molar-refractivity contribution in [3.05, 3.63) is 23.8 Å². The Kier molecular flexibility index (Phi) is 5.63. The van der Waals surface area contributed by atoms with Crippen LogP contribution < -0.4 is 5.32 Å². The summed E-state index contributed by atoms with van der Waals surface area (Å²) in [5.74, 6) is 0.00717. The number of nitrogens with one attached hydrogen (secondary N) is 1. The van der Waals surface area contributed by atoms with Gasteiger partial charge in [-0.15, -0.1) is 0 Å². The highest BCUT2D eigenvalue weighted by molar-refractivity contribution is 5.78. The molecule has 1 unspecified atom stereocenters. The van der Waals surface area contributed by atoms with Crippen molar-refractivity contribution in [2.24, 2.45) is 0 Å². The van der Waals surface area contributed by atoms with Gasteiger partial charge < -0.3 is 15.5 Å². The van der Waals surface area contributed by atoms with Crippen molar-refractivity contribution in [2.45, 2.75) is 26.3 Å². The second kappa shape index (κ2) is 6.99. The largest absolute Gasteiger partial charge is 0.507 e. The predicted octanol–water partition coefficient (Wildman–Crippen LogP) is 1.62. The average Bonchev–Trinajstić information content (AvgIpc) is 2.35. The Morgan fingerprint density at radius 2 is 1.95 bits per heavy atom. The molecule has 0 aliphatic carbocycles. The summed E-state index contributed by atoms with van der Waals surface area (Å²) in [6.45, 7) is 4.70. The molecule has 0 bridgehead atoms. The number of hydrogen-bond donors (Lipinski definition) is 3. The second-order valence-electron chi connectivity index (χ2n) is 4.65. The van der Waals surface area contributed by atoms with E-state index < -0.39 is 0 Å². The van der Waals surface area contributed by atoms with Crippen LogP contribution in [0, 0.1) is 0 Å². The Morgan fingerprint density at radius 1 is 1.37 bits per heavy atom. The van der Waals surface area contributed by atoms with Gasteiger partial charge >= 0.3 is 0 Å². The van der Waals surface area contributed by atoms with E-state index in [0.717, 1.165) is 6.42 Å². The molecule has 1 amide bonds. The number of nitrogens with zero attached hydrogens (tertiary/aromatic N) is 1. The summed E-state index contributed by atoms with van der Waals surface area (Å²) in [5, 5.41) is 22.4. The molecule has 0 saturated heterocycles. The first-order valence-corrected chi connectivity index (χ1v) is 6.45. The summed E-state index contributed by atoms with van der Waals surface area (Å²) in [6.07, 6.45) is 0.894. The number of carbonyl (C=O) groups excluding carboxylic acids is 1. The first-order chi connectivity index (χ1) is 8.97. The summed E-state index contributed by atoms with van der Waals surface area (Å²) in [4.78, 5) is 13.4. The zero-order chi connectivity index (χ0) is 14.4. The van der Waals surface area contributed by atoms with E-state index in [2.05, 4.69) is 5.32 Å². The van der Waals surface area contributed by atoms with Gasteiger partial charge in [0.15, 0.2) is 0 Å². The Morgan fingerprint density at radius 3 is 2.47 bits per heavy atom. The van der Waals surface area contributed by atoms with E-state index in [1.54, 1.807) is 18.0 Å². The lowest BCUT2D eigenvalue weighted by molar-refractivity contribution is -0.122. The Balaban J connectivity index is 2.71. The third-order valence-electron chi connectivity index (χ3n) is 3.10. The number of aromatic hydroxyl groups is 2. The SMILES string of the molecule is CCCNC(=O)CN(C)C(C)c1c(O)cccc1O. The van der Waals surface area contributed by atoms with Crippen LogP contribution in [0.2, 0.25) is 0 Å². The highest BCUT2D eigenvalue weighted by Gasteiger charge is 2.20. The molecule has 1 aromatic rings. The van der Waals surface area contributed by atoms with Crippen molar-refractivity contribution >= 4 is 5.91 Å². The Hall–Kier alpha value is -1.75. The summed E-state index contributed by atoms with van der Waals surface area (Å²) in [7, 11) is 1.78. The van der Waals surface area contributed by atoms with Gasteiger partial charge in [0, 0.05) is 12.6 Å². The number of carbonyl (C=O) groups is 1. The van der Waals surface area contributed by atoms with E-state index in [0.29, 0.717) is 12.1 Å². The van der Waals surface area contributed by atoms with E-state index in [4.69, 9.17) is 0 Å². The molecule has 0 spiro atoms. The van der Waals surface area contributed by atoms with Gasteiger partial charge in [0.2, 0.25) is 5.91 Å². The molecule has 0 radical (unpaired) electrons. The number of phenols is 2. The van der Waals surface area contributed by atoms with Crippen LogP contribution in [0.1, 0.15) is 31.9 Å². The van der Waals surface area contributed by atoms with Crippen LogP contribution in [0.25, 0.3) is 0 Å². The fourth-order valence-corrected chi connectivity index (χ4v) is 1.87. The standard InChI is InChI=1S/C14H22N2O3/c1-4-8-15-13(19)9-16(3)10(2)14-11(17)6-5-7-12(14)18/h5-7,10,17-18H,4,8-9H2,1-3H3,(H,15,19). The molecule has 3 N–H and O–H groups in total. The predicted molar refractivity (Wildman–Crippen MR) is 74.1 cm³/mol. The molecule has 0 aliphatic rings. The zero-order valence-electron chi connectivity index (χ0n) is 11.7. The maximum atomic E-state index is 11.6. The fourth-order valence-electron chi connectivity index (χ4n) is 1.87. The highest BCUT2D eigenvalue weighted by atomic mass is 16.3. The van der Waals surface area contributed by atoms with Gasteiger partial charge in [-0.2, -0.15) is 0 Å². The monoisotopic (exact) mass is 266 g/mol. The van der Waals surface area contributed by atoms with Crippen molar-refractivity contribution in [2.75, 3.05) is 20.1 Å². The maximum absolute atomic E-state index is 11.6. The molecule has 1 aromatic carbocycles. The minimum Gasteiger partial charge on any atom is -0.507 e. The van der Waals surface area contributed by atoms with Crippen molar-refractivity contribution in [3.8, 4) is 11.5 Å². The Labute approximate surface area is 113 Å². The van der Waals surface area contributed by atoms with Crippen LogP contribution in [0.5, 0.6) is 11.5 Å². The van der Waals surface area contributed by atoms with Crippen molar-refractivity contribution in [1.82, 2.24) is 10.2 Å². The molecule has 19 heavy (non-hydrogen) atoms. The molecule has 0 heterocycles. The van der Waals surface area contributed by atoms with Crippen LogP contribution in [0.15, 0.2) is 18.2 Å². The van der Waals surface area contributed by atoms with Gasteiger partial charge in [-0.05, 0) is 32.5 Å². The molecule has 5 nitrogen and oxygen atoms in total. The number of hydrogen-bond acceptors (Lipinski definition) is 4. The van der Waals surface area contributed by atoms with E-state index in [1.165, 1.54) is 12.1 Å². The lowest BCUT2D eigenvalue weighted by Gasteiger charge is -2.25. The summed E-state index contributed by atoms with van der Waals surface area (Å²) >= 11 is 0. The molecule has 0 aromatic heterocycles. The van der Waals surface area contributed by atoms with Crippen molar-refractivity contribution < 1.29 is 15.0 Å². The number of phenolic OH excluding ortho intramolecular Hbond substituents is 2. The molecule has 1 rings (SSSR count).